The van der Waals surface area contributed by atoms with Gasteiger partial charge in [-0.3, -0.25) is 0 Å². The van der Waals surface area contributed by atoms with Crippen LogP contribution in [0.4, 0.5) is 0 Å². The van der Waals surface area contributed by atoms with Crippen LogP contribution < -0.4 is 0 Å². The molecule has 0 saturated carbocycles. The van der Waals surface area contributed by atoms with E-state index in [0.717, 1.165) is 16.7 Å². The molecule has 0 aliphatic heterocycles. The van der Waals surface area contributed by atoms with Crippen LogP contribution in [0.15, 0.2) is 75.8 Å². The zero-order chi connectivity index (χ0) is 13.9. The van der Waals surface area contributed by atoms with Crippen LogP contribution in [0.1, 0.15) is 17.4 Å². The summed E-state index contributed by atoms with van der Waals surface area (Å²) in [5.41, 5.74) is 3.10. The van der Waals surface area contributed by atoms with Gasteiger partial charge in [0.15, 0.2) is 4.67 Å². The van der Waals surface area contributed by atoms with Gasteiger partial charge in [0.05, 0.1) is 0 Å². The molecular weight excluding hydrogens is 316 g/mol. The molecule has 3 aromatic rings. The molecule has 3 rings (SSSR count). The average Bonchev–Trinajstić information content (AvgIpc) is 2.94. The molecule has 0 amide bonds. The van der Waals surface area contributed by atoms with Gasteiger partial charge in [-0.1, -0.05) is 54.6 Å². The number of furan rings is 1. The van der Waals surface area contributed by atoms with Crippen LogP contribution in [0.3, 0.4) is 0 Å². The molecule has 0 aliphatic rings. The summed E-state index contributed by atoms with van der Waals surface area (Å²) in [6.07, 6.45) is -0.744. The Morgan fingerprint density at radius 1 is 0.800 bits per heavy atom. The third-order valence-electron chi connectivity index (χ3n) is 3.20. The molecule has 3 heteroatoms. The number of aliphatic hydroxyl groups excluding tert-OH is 1. The predicted octanol–water partition coefficient (Wildman–Crippen LogP) is 4.79. The van der Waals surface area contributed by atoms with E-state index >= 15 is 0 Å². The summed E-state index contributed by atoms with van der Waals surface area (Å²) in [7, 11) is 0. The van der Waals surface area contributed by atoms with E-state index in [1.54, 1.807) is 12.1 Å². The fourth-order valence-electron chi connectivity index (χ4n) is 2.13. The lowest BCUT2D eigenvalue weighted by molar-refractivity contribution is 0.187. The first-order valence-corrected chi connectivity index (χ1v) is 7.12. The SMILES string of the molecule is OC(c1ccc(-c2ccccc2)cc1)c1ccc(Br)o1. The second-order valence-electron chi connectivity index (χ2n) is 4.53. The van der Waals surface area contributed by atoms with E-state index in [4.69, 9.17) is 4.42 Å². The minimum atomic E-state index is -0.744. The van der Waals surface area contributed by atoms with Crippen molar-refractivity contribution in [3.05, 3.63) is 82.7 Å². The number of halogens is 1. The van der Waals surface area contributed by atoms with Crippen LogP contribution in [0.25, 0.3) is 11.1 Å². The first-order chi connectivity index (χ1) is 9.74. The van der Waals surface area contributed by atoms with Gasteiger partial charge >= 0.3 is 0 Å². The van der Waals surface area contributed by atoms with E-state index in [2.05, 4.69) is 28.1 Å². The molecule has 0 fully saturated rings. The maximum Gasteiger partial charge on any atom is 0.169 e. The molecule has 2 aromatic carbocycles. The van der Waals surface area contributed by atoms with E-state index in [9.17, 15) is 5.11 Å². The fraction of sp³-hybridized carbons (Fsp3) is 0.0588. The molecule has 0 aliphatic carbocycles. The van der Waals surface area contributed by atoms with E-state index in [1.165, 1.54) is 0 Å². The van der Waals surface area contributed by atoms with Crippen molar-refractivity contribution in [1.29, 1.82) is 0 Å². The molecule has 1 atom stereocenters. The number of hydrogen-bond donors (Lipinski definition) is 1. The standard InChI is InChI=1S/C17H13BrO2/c18-16-11-10-15(20-16)17(19)14-8-6-13(7-9-14)12-4-2-1-3-5-12/h1-11,17,19H. The summed E-state index contributed by atoms with van der Waals surface area (Å²) >= 11 is 3.24. The Morgan fingerprint density at radius 3 is 2.05 bits per heavy atom. The van der Waals surface area contributed by atoms with Crippen LogP contribution in [-0.2, 0) is 0 Å². The fourth-order valence-corrected chi connectivity index (χ4v) is 2.45. The third kappa shape index (κ3) is 2.69. The zero-order valence-electron chi connectivity index (χ0n) is 10.7. The van der Waals surface area contributed by atoms with Crippen LogP contribution in [0, 0.1) is 0 Å². The number of hydrogen-bond acceptors (Lipinski definition) is 2. The zero-order valence-corrected chi connectivity index (χ0v) is 12.2. The summed E-state index contributed by atoms with van der Waals surface area (Å²) < 4.78 is 6.00. The van der Waals surface area contributed by atoms with E-state index in [1.807, 2.05) is 42.5 Å². The normalized spacial score (nSPS) is 12.3. The highest BCUT2D eigenvalue weighted by molar-refractivity contribution is 9.10. The van der Waals surface area contributed by atoms with Crippen molar-refractivity contribution in [2.75, 3.05) is 0 Å². The van der Waals surface area contributed by atoms with Crippen molar-refractivity contribution in [3.8, 4) is 11.1 Å². The monoisotopic (exact) mass is 328 g/mol. The Morgan fingerprint density at radius 2 is 1.45 bits per heavy atom. The molecule has 1 N–H and O–H groups in total. The van der Waals surface area contributed by atoms with Gasteiger partial charge in [-0.05, 0) is 44.8 Å². The molecule has 1 aromatic heterocycles. The highest BCUT2D eigenvalue weighted by atomic mass is 79.9. The van der Waals surface area contributed by atoms with Gasteiger partial charge < -0.3 is 9.52 Å². The van der Waals surface area contributed by atoms with E-state index in [0.29, 0.717) is 10.4 Å². The summed E-state index contributed by atoms with van der Waals surface area (Å²) in [5.74, 6) is 0.532. The van der Waals surface area contributed by atoms with Gasteiger partial charge in [-0.15, -0.1) is 0 Å². The molecule has 0 saturated heterocycles. The van der Waals surface area contributed by atoms with Gasteiger partial charge in [-0.25, -0.2) is 0 Å². The molecule has 20 heavy (non-hydrogen) atoms. The predicted molar refractivity (Wildman–Crippen MR) is 82.3 cm³/mol. The van der Waals surface area contributed by atoms with Crippen molar-refractivity contribution < 1.29 is 9.52 Å². The smallest absolute Gasteiger partial charge is 0.169 e. The van der Waals surface area contributed by atoms with E-state index in [-0.39, 0.29) is 0 Å². The summed E-state index contributed by atoms with van der Waals surface area (Å²) in [6, 6.07) is 21.5. The number of aliphatic hydroxyl groups is 1. The van der Waals surface area contributed by atoms with Crippen LogP contribution in [-0.4, -0.2) is 5.11 Å². The van der Waals surface area contributed by atoms with Gasteiger partial charge in [0.1, 0.15) is 11.9 Å². The summed E-state index contributed by atoms with van der Waals surface area (Å²) in [4.78, 5) is 0. The first kappa shape index (κ1) is 13.2. The van der Waals surface area contributed by atoms with Crippen molar-refractivity contribution >= 4 is 15.9 Å². The molecule has 0 bridgehead atoms. The molecule has 1 heterocycles. The molecule has 0 radical (unpaired) electrons. The third-order valence-corrected chi connectivity index (χ3v) is 3.62. The van der Waals surface area contributed by atoms with Crippen LogP contribution in [0.2, 0.25) is 0 Å². The highest BCUT2D eigenvalue weighted by Crippen LogP contribution is 2.27. The first-order valence-electron chi connectivity index (χ1n) is 6.33. The largest absolute Gasteiger partial charge is 0.451 e. The summed E-state index contributed by atoms with van der Waals surface area (Å²) in [5, 5.41) is 10.3. The Balaban J connectivity index is 1.86. The molecule has 2 nitrogen and oxygen atoms in total. The molecule has 0 spiro atoms. The van der Waals surface area contributed by atoms with Crippen molar-refractivity contribution in [2.24, 2.45) is 0 Å². The minimum Gasteiger partial charge on any atom is -0.451 e. The molecular formula is C17H13BrO2. The average molecular weight is 329 g/mol. The second-order valence-corrected chi connectivity index (χ2v) is 5.31. The van der Waals surface area contributed by atoms with E-state index < -0.39 is 6.10 Å². The lowest BCUT2D eigenvalue weighted by atomic mass is 10.0. The van der Waals surface area contributed by atoms with Crippen LogP contribution >= 0.6 is 15.9 Å². The summed E-state index contributed by atoms with van der Waals surface area (Å²) in [6.45, 7) is 0. The van der Waals surface area contributed by atoms with Gasteiger partial charge in [-0.2, -0.15) is 0 Å². The van der Waals surface area contributed by atoms with Crippen molar-refractivity contribution in [1.82, 2.24) is 0 Å². The molecule has 100 valence electrons. The van der Waals surface area contributed by atoms with Crippen LogP contribution in [0.5, 0.6) is 0 Å². The number of benzene rings is 2. The van der Waals surface area contributed by atoms with Gasteiger partial charge in [0, 0.05) is 0 Å². The lowest BCUT2D eigenvalue weighted by Gasteiger charge is -2.09. The Bertz CT molecular complexity index is 687. The van der Waals surface area contributed by atoms with Crippen molar-refractivity contribution in [2.45, 2.75) is 6.10 Å². The lowest BCUT2D eigenvalue weighted by Crippen LogP contribution is -1.97. The van der Waals surface area contributed by atoms with Gasteiger partial charge in [0.2, 0.25) is 0 Å². The Labute approximate surface area is 125 Å². The highest BCUT2D eigenvalue weighted by Gasteiger charge is 2.14. The topological polar surface area (TPSA) is 33.4 Å². The maximum atomic E-state index is 10.3. The van der Waals surface area contributed by atoms with Crippen molar-refractivity contribution in [3.63, 3.8) is 0 Å². The molecule has 1 unspecified atom stereocenters. The van der Waals surface area contributed by atoms with Gasteiger partial charge in [0.25, 0.3) is 0 Å². The Hall–Kier alpha value is -1.84. The Kier molecular flexibility index (Phi) is 3.72. The second kappa shape index (κ2) is 5.65. The number of rotatable bonds is 3. The quantitative estimate of drug-likeness (QED) is 0.749. The maximum absolute atomic E-state index is 10.3. The minimum absolute atomic E-state index is 0.532.